The molecule has 0 saturated carbocycles. The van der Waals surface area contributed by atoms with Crippen molar-refractivity contribution in [3.05, 3.63) is 35.2 Å². The van der Waals surface area contributed by atoms with Gasteiger partial charge in [-0.2, -0.15) is 23.5 Å². The summed E-state index contributed by atoms with van der Waals surface area (Å²) in [7, 11) is -1.64. The number of carbonyl (C=O) groups excluding carboxylic acids is 1. The van der Waals surface area contributed by atoms with Crippen LogP contribution in [0.4, 0.5) is 29.5 Å². The van der Waals surface area contributed by atoms with E-state index in [0.29, 0.717) is 60.4 Å². The summed E-state index contributed by atoms with van der Waals surface area (Å²) in [5, 5.41) is 17.8. The summed E-state index contributed by atoms with van der Waals surface area (Å²) in [6.45, 7) is 13.6. The number of ether oxygens (including phenoxy) is 2. The number of piperazine rings is 1. The van der Waals surface area contributed by atoms with Crippen LogP contribution in [-0.2, 0) is 22.4 Å². The summed E-state index contributed by atoms with van der Waals surface area (Å²) >= 11 is 1.38. The molecule has 2 unspecified atom stereocenters. The minimum absolute atomic E-state index is 0.0211. The highest BCUT2D eigenvalue weighted by atomic mass is 32.2. The van der Waals surface area contributed by atoms with Crippen LogP contribution in [0.5, 0.6) is 0 Å². The van der Waals surface area contributed by atoms with E-state index in [4.69, 9.17) is 19.4 Å². The second-order valence-corrected chi connectivity index (χ2v) is 21.1. The molecule has 0 aliphatic carbocycles. The monoisotopic (exact) mass is 718 g/mol. The molecular weight excluding hydrogens is 674 g/mol. The number of thioether (sulfide) groups is 1. The third-order valence-electron chi connectivity index (χ3n) is 8.60. The zero-order valence-corrected chi connectivity index (χ0v) is 31.0. The molecule has 16 heteroatoms. The summed E-state index contributed by atoms with van der Waals surface area (Å²) < 4.78 is 55.4. The van der Waals surface area contributed by atoms with Crippen molar-refractivity contribution in [3.8, 4) is 6.07 Å². The number of aromatic nitrogens is 4. The molecule has 1 aromatic carbocycles. The Bertz CT molecular complexity index is 1700. The smallest absolute Gasteiger partial charge is 0.418 e. The third kappa shape index (κ3) is 8.61. The van der Waals surface area contributed by atoms with Crippen molar-refractivity contribution in [1.29, 1.82) is 5.26 Å². The number of anilines is 2. The Morgan fingerprint density at radius 3 is 2.57 bits per heavy atom. The molecule has 11 nitrogen and oxygen atoms in total. The lowest BCUT2D eigenvalue weighted by atomic mass is 9.98. The van der Waals surface area contributed by atoms with Gasteiger partial charge >= 0.3 is 12.3 Å². The van der Waals surface area contributed by atoms with Crippen molar-refractivity contribution in [1.82, 2.24) is 25.1 Å². The number of nitrogens with zero attached hydrogens (tertiary/aromatic N) is 7. The number of nitrogens with one attached hydrogen (secondary N) is 1. The lowest BCUT2D eigenvalue weighted by Gasteiger charge is -2.42. The van der Waals surface area contributed by atoms with Gasteiger partial charge < -0.3 is 24.2 Å². The number of hydrogen-bond donors (Lipinski definition) is 1. The number of rotatable bonds is 9. The van der Waals surface area contributed by atoms with Gasteiger partial charge in [-0.1, -0.05) is 37.5 Å². The Balaban J connectivity index is 1.48. The van der Waals surface area contributed by atoms with E-state index in [-0.39, 0.29) is 25.1 Å². The molecule has 0 spiro atoms. The fourth-order valence-corrected chi connectivity index (χ4v) is 7.36. The summed E-state index contributed by atoms with van der Waals surface area (Å²) in [6.07, 6.45) is -3.12. The highest BCUT2D eigenvalue weighted by Crippen LogP contribution is 2.45. The first-order valence-electron chi connectivity index (χ1n) is 16.4. The maximum absolute atomic E-state index is 14.7. The number of alkyl halides is 3. The van der Waals surface area contributed by atoms with E-state index in [1.165, 1.54) is 17.8 Å². The maximum atomic E-state index is 14.7. The van der Waals surface area contributed by atoms with E-state index in [1.807, 2.05) is 31.9 Å². The van der Waals surface area contributed by atoms with Crippen molar-refractivity contribution in [2.45, 2.75) is 94.9 Å². The van der Waals surface area contributed by atoms with Crippen LogP contribution in [-0.4, -0.2) is 96.1 Å². The number of nitriles is 1. The Kier molecular flexibility index (Phi) is 10.8. The van der Waals surface area contributed by atoms with Crippen LogP contribution in [0, 0.1) is 11.3 Å². The fourth-order valence-electron chi connectivity index (χ4n) is 6.25. The molecule has 2 aliphatic rings. The summed E-state index contributed by atoms with van der Waals surface area (Å²) in [4.78, 5) is 28.4. The van der Waals surface area contributed by atoms with Crippen molar-refractivity contribution < 1.29 is 27.4 Å². The van der Waals surface area contributed by atoms with Gasteiger partial charge in [0.05, 0.1) is 48.2 Å². The number of hydrogen-bond acceptors (Lipinski definition) is 10. The first kappa shape index (κ1) is 36.7. The number of aromatic amines is 1. The predicted octanol–water partition coefficient (Wildman–Crippen LogP) is 6.94. The zero-order valence-electron chi connectivity index (χ0n) is 29.1. The lowest BCUT2D eigenvalue weighted by molar-refractivity contribution is -0.222. The van der Waals surface area contributed by atoms with E-state index < -0.39 is 38.1 Å². The van der Waals surface area contributed by atoms with Gasteiger partial charge in [-0.3, -0.25) is 5.10 Å². The third-order valence-corrected chi connectivity index (χ3v) is 10.9. The van der Waals surface area contributed by atoms with Crippen molar-refractivity contribution in [2.24, 2.45) is 0 Å². The molecule has 2 aromatic heterocycles. The van der Waals surface area contributed by atoms with Crippen molar-refractivity contribution >= 4 is 48.3 Å². The van der Waals surface area contributed by atoms with E-state index in [2.05, 4.69) is 40.8 Å². The highest BCUT2D eigenvalue weighted by Gasteiger charge is 2.45. The van der Waals surface area contributed by atoms with Crippen LogP contribution in [0.1, 0.15) is 50.1 Å². The van der Waals surface area contributed by atoms with Gasteiger partial charge in [-0.25, -0.2) is 14.8 Å². The number of fused-ring (bicyclic) bond motifs is 2. The summed E-state index contributed by atoms with van der Waals surface area (Å²) in [5.41, 5.74) is 2.08. The molecule has 0 radical (unpaired) electrons. The molecule has 2 aliphatic heterocycles. The molecule has 1 N–H and O–H groups in total. The van der Waals surface area contributed by atoms with Gasteiger partial charge in [0.1, 0.15) is 11.4 Å². The fraction of sp³-hybridized carbons (Fsp3) is 0.606. The van der Waals surface area contributed by atoms with Gasteiger partial charge in [-0.05, 0) is 45.6 Å². The maximum Gasteiger partial charge on any atom is 0.418 e. The van der Waals surface area contributed by atoms with E-state index in [9.17, 15) is 23.2 Å². The normalized spacial score (nSPS) is 18.0. The SMILES string of the molecule is CSc1nc2c(c(N3CCN(C(=O)OC(C)(C)C)C(CC#N)C3)n1)CCN(c1c(C(OCC[Si](C)(C)C)C(F)(F)F)ccc3[nH]ncc13)C2. The van der Waals surface area contributed by atoms with E-state index in [0.717, 1.165) is 17.1 Å². The van der Waals surface area contributed by atoms with Gasteiger partial charge in [0.15, 0.2) is 11.3 Å². The molecule has 3 aromatic rings. The minimum Gasteiger partial charge on any atom is -0.444 e. The molecule has 49 heavy (non-hydrogen) atoms. The Morgan fingerprint density at radius 2 is 1.92 bits per heavy atom. The largest absolute Gasteiger partial charge is 0.444 e. The Morgan fingerprint density at radius 1 is 1.16 bits per heavy atom. The number of benzene rings is 1. The predicted molar refractivity (Wildman–Crippen MR) is 187 cm³/mol. The molecule has 5 rings (SSSR count). The number of carbonyl (C=O) groups is 1. The average molecular weight is 719 g/mol. The van der Waals surface area contributed by atoms with E-state index >= 15 is 0 Å². The first-order chi connectivity index (χ1) is 23.0. The summed E-state index contributed by atoms with van der Waals surface area (Å²) in [6, 6.07) is 5.53. The minimum atomic E-state index is -4.62. The first-order valence-corrected chi connectivity index (χ1v) is 21.4. The molecule has 1 fully saturated rings. The molecule has 0 bridgehead atoms. The van der Waals surface area contributed by atoms with Crippen LogP contribution >= 0.6 is 11.8 Å². The standard InChI is InChI=1S/C33H45F3N8O3SSi/c1-32(2,3)47-31(45)44-15-14-43(19-21(44)10-12-37)29-22-11-13-42(20-26(22)39-30(40-29)48-4)27-23(8-9-25-24(27)18-38-41-25)28(33(34,35)36)46-16-17-49(5,6)7/h8-9,18,21,28H,10-11,13-17,19-20H2,1-7H3,(H,38,41). The van der Waals surface area contributed by atoms with Crippen LogP contribution in [0.3, 0.4) is 0 Å². The van der Waals surface area contributed by atoms with Gasteiger partial charge in [0, 0.05) is 57.4 Å². The van der Waals surface area contributed by atoms with Crippen LogP contribution in [0.2, 0.25) is 25.7 Å². The number of halogens is 3. The van der Waals surface area contributed by atoms with Gasteiger partial charge in [0.2, 0.25) is 0 Å². The van der Waals surface area contributed by atoms with E-state index in [1.54, 1.807) is 17.2 Å². The molecular formula is C33H45F3N8O3SSi. The highest BCUT2D eigenvalue weighted by molar-refractivity contribution is 7.98. The van der Waals surface area contributed by atoms with Crippen LogP contribution in [0.25, 0.3) is 10.9 Å². The van der Waals surface area contributed by atoms with Gasteiger partial charge in [-0.15, -0.1) is 0 Å². The Hall–Kier alpha value is -3.55. The number of amides is 1. The topological polar surface area (TPSA) is 124 Å². The zero-order chi connectivity index (χ0) is 35.7. The van der Waals surface area contributed by atoms with Crippen LogP contribution in [0.15, 0.2) is 23.5 Å². The average Bonchev–Trinajstić information content (AvgIpc) is 3.49. The quantitative estimate of drug-likeness (QED) is 0.142. The van der Waals surface area contributed by atoms with Crippen molar-refractivity contribution in [2.75, 3.05) is 48.8 Å². The van der Waals surface area contributed by atoms with Crippen LogP contribution < -0.4 is 9.80 Å². The second-order valence-electron chi connectivity index (χ2n) is 14.7. The Labute approximate surface area is 290 Å². The number of H-pyrrole nitrogens is 1. The molecule has 1 saturated heterocycles. The second kappa shape index (κ2) is 14.4. The molecule has 4 heterocycles. The van der Waals surface area contributed by atoms with Crippen molar-refractivity contribution in [3.63, 3.8) is 0 Å². The molecule has 2 atom stereocenters. The molecule has 266 valence electrons. The van der Waals surface area contributed by atoms with Gasteiger partial charge in [0.25, 0.3) is 0 Å². The lowest BCUT2D eigenvalue weighted by Crippen LogP contribution is -2.56. The summed E-state index contributed by atoms with van der Waals surface area (Å²) in [5.74, 6) is 0.727. The molecule has 1 amide bonds.